The highest BCUT2D eigenvalue weighted by Crippen LogP contribution is 2.28. The van der Waals surface area contributed by atoms with Crippen LogP contribution in [0.2, 0.25) is 0 Å². The molecule has 1 heterocycles. The number of nitrogens with one attached hydrogen (secondary N) is 1. The highest BCUT2D eigenvalue weighted by atomic mass is 16.5. The van der Waals surface area contributed by atoms with Gasteiger partial charge in [-0.05, 0) is 50.6 Å². The highest BCUT2D eigenvalue weighted by molar-refractivity contribution is 4.78. The van der Waals surface area contributed by atoms with Crippen molar-refractivity contribution in [3.8, 4) is 0 Å². The van der Waals surface area contributed by atoms with Crippen LogP contribution in [0.1, 0.15) is 38.5 Å². The van der Waals surface area contributed by atoms with Gasteiger partial charge in [0.2, 0.25) is 0 Å². The van der Waals surface area contributed by atoms with E-state index in [2.05, 4.69) is 5.32 Å². The number of nitrogens with two attached hydrogens (primary N) is 1. The third kappa shape index (κ3) is 3.44. The van der Waals surface area contributed by atoms with Gasteiger partial charge in [0.1, 0.15) is 0 Å². The minimum atomic E-state index is 0.472. The van der Waals surface area contributed by atoms with Gasteiger partial charge in [0.15, 0.2) is 0 Å². The van der Waals surface area contributed by atoms with Crippen LogP contribution in [0.4, 0.5) is 0 Å². The molecule has 3 N–H and O–H groups in total. The van der Waals surface area contributed by atoms with Crippen molar-refractivity contribution in [2.24, 2.45) is 17.6 Å². The van der Waals surface area contributed by atoms with E-state index in [0.29, 0.717) is 6.10 Å². The van der Waals surface area contributed by atoms with Crippen molar-refractivity contribution in [3.05, 3.63) is 0 Å². The first kappa shape index (κ1) is 12.3. The number of hydrogen-bond donors (Lipinski definition) is 2. The summed E-state index contributed by atoms with van der Waals surface area (Å²) in [5.74, 6) is 1.56. The zero-order chi connectivity index (χ0) is 11.2. The van der Waals surface area contributed by atoms with E-state index in [9.17, 15) is 0 Å². The first-order valence-electron chi connectivity index (χ1n) is 6.92. The molecule has 3 nitrogen and oxygen atoms in total. The van der Waals surface area contributed by atoms with E-state index in [4.69, 9.17) is 10.5 Å². The van der Waals surface area contributed by atoms with Gasteiger partial charge in [0, 0.05) is 13.2 Å². The quantitative estimate of drug-likeness (QED) is 0.747. The summed E-state index contributed by atoms with van der Waals surface area (Å²) in [5.41, 5.74) is 5.84. The predicted octanol–water partition coefficient (Wildman–Crippen LogP) is 1.52. The second-order valence-electron chi connectivity index (χ2n) is 5.33. The van der Waals surface area contributed by atoms with Crippen LogP contribution >= 0.6 is 0 Å². The third-order valence-corrected chi connectivity index (χ3v) is 4.17. The molecular formula is C13H26N2O. The summed E-state index contributed by atoms with van der Waals surface area (Å²) < 4.78 is 5.61. The summed E-state index contributed by atoms with van der Waals surface area (Å²) >= 11 is 0. The van der Waals surface area contributed by atoms with Crippen molar-refractivity contribution >= 4 is 0 Å². The molecule has 2 aliphatic rings. The van der Waals surface area contributed by atoms with Crippen LogP contribution in [0, 0.1) is 11.8 Å². The molecule has 0 amide bonds. The summed E-state index contributed by atoms with van der Waals surface area (Å²) in [6.07, 6.45) is 8.41. The fourth-order valence-corrected chi connectivity index (χ4v) is 3.10. The Morgan fingerprint density at radius 2 is 1.81 bits per heavy atom. The summed E-state index contributed by atoms with van der Waals surface area (Å²) in [4.78, 5) is 0. The SMILES string of the molecule is NCC1CCCCC1CNCC1CCCO1. The molecule has 1 aliphatic carbocycles. The lowest BCUT2D eigenvalue weighted by atomic mass is 9.79. The zero-order valence-corrected chi connectivity index (χ0v) is 10.3. The lowest BCUT2D eigenvalue weighted by Crippen LogP contribution is -2.37. The van der Waals surface area contributed by atoms with E-state index in [1.54, 1.807) is 0 Å². The lowest BCUT2D eigenvalue weighted by molar-refractivity contribution is 0.107. The van der Waals surface area contributed by atoms with Crippen molar-refractivity contribution in [2.45, 2.75) is 44.6 Å². The molecule has 1 saturated heterocycles. The van der Waals surface area contributed by atoms with Crippen LogP contribution < -0.4 is 11.1 Å². The largest absolute Gasteiger partial charge is 0.377 e. The van der Waals surface area contributed by atoms with Crippen LogP contribution in [-0.4, -0.2) is 32.3 Å². The standard InChI is InChI=1S/C13H26N2O/c14-8-11-4-1-2-5-12(11)9-15-10-13-6-3-7-16-13/h11-13,15H,1-10,14H2. The molecule has 0 spiro atoms. The van der Waals surface area contributed by atoms with Crippen LogP contribution in [0.25, 0.3) is 0 Å². The first-order chi connectivity index (χ1) is 7.90. The molecular weight excluding hydrogens is 200 g/mol. The molecule has 1 aliphatic heterocycles. The second-order valence-corrected chi connectivity index (χ2v) is 5.33. The Bertz CT molecular complexity index is 192. The summed E-state index contributed by atoms with van der Waals surface area (Å²) in [6, 6.07) is 0. The van der Waals surface area contributed by atoms with Crippen molar-refractivity contribution in [2.75, 3.05) is 26.2 Å². The Hall–Kier alpha value is -0.120. The van der Waals surface area contributed by atoms with Gasteiger partial charge in [-0.15, -0.1) is 0 Å². The molecule has 1 saturated carbocycles. The Morgan fingerprint density at radius 1 is 1.00 bits per heavy atom. The van der Waals surface area contributed by atoms with Gasteiger partial charge in [-0.1, -0.05) is 12.8 Å². The van der Waals surface area contributed by atoms with Gasteiger partial charge in [-0.2, -0.15) is 0 Å². The van der Waals surface area contributed by atoms with E-state index >= 15 is 0 Å². The Labute approximate surface area is 99.1 Å². The fourth-order valence-electron chi connectivity index (χ4n) is 3.10. The van der Waals surface area contributed by atoms with Gasteiger partial charge >= 0.3 is 0 Å². The monoisotopic (exact) mass is 226 g/mol. The molecule has 16 heavy (non-hydrogen) atoms. The summed E-state index contributed by atoms with van der Waals surface area (Å²) in [5, 5.41) is 3.58. The molecule has 3 heteroatoms. The second kappa shape index (κ2) is 6.58. The van der Waals surface area contributed by atoms with E-state index in [1.165, 1.54) is 38.5 Å². The van der Waals surface area contributed by atoms with E-state index in [1.807, 2.05) is 0 Å². The van der Waals surface area contributed by atoms with E-state index in [0.717, 1.165) is 38.1 Å². The topological polar surface area (TPSA) is 47.3 Å². The third-order valence-electron chi connectivity index (χ3n) is 4.17. The Balaban J connectivity index is 1.63. The number of rotatable bonds is 5. The number of ether oxygens (including phenoxy) is 1. The maximum atomic E-state index is 5.84. The normalized spacial score (nSPS) is 35.4. The molecule has 0 bridgehead atoms. The van der Waals surface area contributed by atoms with Crippen molar-refractivity contribution in [1.82, 2.24) is 5.32 Å². The Morgan fingerprint density at radius 3 is 2.50 bits per heavy atom. The van der Waals surface area contributed by atoms with Gasteiger partial charge in [-0.3, -0.25) is 0 Å². The molecule has 94 valence electrons. The molecule has 0 aromatic carbocycles. The lowest BCUT2D eigenvalue weighted by Gasteiger charge is -2.31. The van der Waals surface area contributed by atoms with Crippen LogP contribution in [0.5, 0.6) is 0 Å². The highest BCUT2D eigenvalue weighted by Gasteiger charge is 2.24. The Kier molecular flexibility index (Phi) is 5.07. The minimum absolute atomic E-state index is 0.472. The van der Waals surface area contributed by atoms with Crippen molar-refractivity contribution in [3.63, 3.8) is 0 Å². The van der Waals surface area contributed by atoms with Crippen LogP contribution in [0.15, 0.2) is 0 Å². The predicted molar refractivity (Wildman–Crippen MR) is 66.3 cm³/mol. The molecule has 2 fully saturated rings. The summed E-state index contributed by atoms with van der Waals surface area (Å²) in [7, 11) is 0. The fraction of sp³-hybridized carbons (Fsp3) is 1.00. The zero-order valence-electron chi connectivity index (χ0n) is 10.3. The molecule has 3 unspecified atom stereocenters. The average molecular weight is 226 g/mol. The number of hydrogen-bond acceptors (Lipinski definition) is 3. The van der Waals surface area contributed by atoms with E-state index < -0.39 is 0 Å². The van der Waals surface area contributed by atoms with Gasteiger partial charge in [-0.25, -0.2) is 0 Å². The van der Waals surface area contributed by atoms with Crippen LogP contribution in [-0.2, 0) is 4.74 Å². The molecule has 0 aromatic rings. The smallest absolute Gasteiger partial charge is 0.0700 e. The maximum absolute atomic E-state index is 5.84. The van der Waals surface area contributed by atoms with E-state index in [-0.39, 0.29) is 0 Å². The average Bonchev–Trinajstić information content (AvgIpc) is 2.83. The maximum Gasteiger partial charge on any atom is 0.0700 e. The van der Waals surface area contributed by atoms with Crippen LogP contribution in [0.3, 0.4) is 0 Å². The van der Waals surface area contributed by atoms with Crippen molar-refractivity contribution < 1.29 is 4.74 Å². The first-order valence-corrected chi connectivity index (χ1v) is 6.92. The van der Waals surface area contributed by atoms with Gasteiger partial charge in [0.05, 0.1) is 6.10 Å². The minimum Gasteiger partial charge on any atom is -0.377 e. The molecule has 2 rings (SSSR count). The van der Waals surface area contributed by atoms with Gasteiger partial charge in [0.25, 0.3) is 0 Å². The van der Waals surface area contributed by atoms with Gasteiger partial charge < -0.3 is 15.8 Å². The molecule has 3 atom stereocenters. The molecule has 0 aromatic heterocycles. The van der Waals surface area contributed by atoms with Crippen molar-refractivity contribution in [1.29, 1.82) is 0 Å². The summed E-state index contributed by atoms with van der Waals surface area (Å²) in [6.45, 7) is 4.00. The molecule has 0 radical (unpaired) electrons.